The fourth-order valence-corrected chi connectivity index (χ4v) is 8.63. The lowest BCUT2D eigenvalue weighted by Crippen LogP contribution is -1.91. The van der Waals surface area contributed by atoms with Gasteiger partial charge in [0, 0.05) is 42.1 Å². The molecule has 10 aromatic rings. The van der Waals surface area contributed by atoms with E-state index in [2.05, 4.69) is 146 Å². The van der Waals surface area contributed by atoms with Crippen molar-refractivity contribution in [2.24, 2.45) is 0 Å². The fourth-order valence-electron chi connectivity index (χ4n) is 7.40. The number of fused-ring (bicyclic) bond motifs is 10. The topological polar surface area (TPSA) is 13.1 Å². The summed E-state index contributed by atoms with van der Waals surface area (Å²) in [5.74, 6) is 0. The molecule has 2 heterocycles. The van der Waals surface area contributed by atoms with Crippen molar-refractivity contribution in [2.75, 3.05) is 0 Å². The van der Waals surface area contributed by atoms with Crippen LogP contribution in [0.25, 0.3) is 96.7 Å². The maximum atomic E-state index is 6.97. The van der Waals surface area contributed by atoms with Crippen molar-refractivity contribution in [3.8, 4) is 22.3 Å². The van der Waals surface area contributed by atoms with Crippen LogP contribution in [-0.4, -0.2) is 0 Å². The largest absolute Gasteiger partial charge is 0.455 e. The Labute approximate surface area is 257 Å². The molecule has 0 radical (unpaired) electrons. The van der Waals surface area contributed by atoms with Crippen LogP contribution in [0.5, 0.6) is 0 Å². The number of thiophene rings is 1. The Kier molecular flexibility index (Phi) is 4.94. The molecule has 0 spiro atoms. The molecule has 10 rings (SSSR count). The van der Waals surface area contributed by atoms with Gasteiger partial charge >= 0.3 is 0 Å². The van der Waals surface area contributed by atoms with E-state index in [1.807, 2.05) is 11.3 Å². The third-order valence-corrected chi connectivity index (χ3v) is 10.4. The van der Waals surface area contributed by atoms with Gasteiger partial charge in [-0.25, -0.2) is 0 Å². The average Bonchev–Trinajstić information content (AvgIpc) is 3.65. The molecule has 44 heavy (non-hydrogen) atoms. The summed E-state index contributed by atoms with van der Waals surface area (Å²) in [6, 6.07) is 52.8. The highest BCUT2D eigenvalue weighted by Crippen LogP contribution is 2.52. The highest BCUT2D eigenvalue weighted by molar-refractivity contribution is 7.26. The van der Waals surface area contributed by atoms with Crippen LogP contribution in [0, 0.1) is 0 Å². The molecule has 0 aliphatic heterocycles. The lowest BCUT2D eigenvalue weighted by atomic mass is 9.85. The number of hydrogen-bond donors (Lipinski definition) is 0. The van der Waals surface area contributed by atoms with Crippen LogP contribution in [0.4, 0.5) is 0 Å². The zero-order valence-corrected chi connectivity index (χ0v) is 24.5. The zero-order valence-electron chi connectivity index (χ0n) is 23.7. The molecule has 0 atom stereocenters. The molecular formula is C42H24OS. The fraction of sp³-hybridized carbons (Fsp3) is 0. The van der Waals surface area contributed by atoms with Gasteiger partial charge in [0.25, 0.3) is 0 Å². The minimum atomic E-state index is 0.927. The van der Waals surface area contributed by atoms with Crippen LogP contribution < -0.4 is 0 Å². The Morgan fingerprint density at radius 2 is 1.00 bits per heavy atom. The first kappa shape index (κ1) is 24.0. The van der Waals surface area contributed by atoms with E-state index in [0.717, 1.165) is 11.2 Å². The highest BCUT2D eigenvalue weighted by atomic mass is 32.1. The van der Waals surface area contributed by atoms with Gasteiger partial charge in [0.2, 0.25) is 0 Å². The first-order valence-corrected chi connectivity index (χ1v) is 15.8. The van der Waals surface area contributed by atoms with Gasteiger partial charge in [-0.2, -0.15) is 0 Å². The summed E-state index contributed by atoms with van der Waals surface area (Å²) < 4.78 is 9.53. The molecule has 0 amide bonds. The van der Waals surface area contributed by atoms with Gasteiger partial charge in [0.1, 0.15) is 11.2 Å². The van der Waals surface area contributed by atoms with E-state index in [1.54, 1.807) is 0 Å². The molecule has 0 bridgehead atoms. The van der Waals surface area contributed by atoms with E-state index in [1.165, 1.54) is 85.5 Å². The molecule has 0 fully saturated rings. The lowest BCUT2D eigenvalue weighted by Gasteiger charge is -2.18. The van der Waals surface area contributed by atoms with Gasteiger partial charge in [-0.05, 0) is 61.6 Å². The first-order chi connectivity index (χ1) is 21.8. The van der Waals surface area contributed by atoms with Gasteiger partial charge in [0.05, 0.1) is 0 Å². The quantitative estimate of drug-likeness (QED) is 0.187. The van der Waals surface area contributed by atoms with Crippen LogP contribution in [0.2, 0.25) is 0 Å². The number of benzene rings is 8. The van der Waals surface area contributed by atoms with Crippen LogP contribution in [-0.2, 0) is 0 Å². The van der Waals surface area contributed by atoms with Crippen molar-refractivity contribution in [3.05, 3.63) is 146 Å². The molecule has 0 unspecified atom stereocenters. The lowest BCUT2D eigenvalue weighted by molar-refractivity contribution is 0.671. The van der Waals surface area contributed by atoms with E-state index in [4.69, 9.17) is 4.42 Å². The van der Waals surface area contributed by atoms with Crippen molar-refractivity contribution >= 4 is 85.8 Å². The molecule has 8 aromatic carbocycles. The molecule has 0 aliphatic carbocycles. The maximum Gasteiger partial charge on any atom is 0.144 e. The Morgan fingerprint density at radius 3 is 1.73 bits per heavy atom. The van der Waals surface area contributed by atoms with Crippen molar-refractivity contribution in [1.29, 1.82) is 0 Å². The zero-order chi connectivity index (χ0) is 28.8. The summed E-state index contributed by atoms with van der Waals surface area (Å²) in [5.41, 5.74) is 6.81. The Balaban J connectivity index is 1.49. The summed E-state index contributed by atoms with van der Waals surface area (Å²) in [4.78, 5) is 0. The molecule has 0 saturated carbocycles. The Bertz CT molecular complexity index is 2710. The van der Waals surface area contributed by atoms with Crippen LogP contribution >= 0.6 is 11.3 Å². The van der Waals surface area contributed by atoms with Crippen LogP contribution in [0.3, 0.4) is 0 Å². The molecule has 204 valence electrons. The second-order valence-electron chi connectivity index (χ2n) is 11.6. The van der Waals surface area contributed by atoms with Gasteiger partial charge < -0.3 is 4.42 Å². The smallest absolute Gasteiger partial charge is 0.144 e. The second-order valence-corrected chi connectivity index (χ2v) is 12.6. The minimum Gasteiger partial charge on any atom is -0.455 e. The SMILES string of the molecule is c1ccc(-c2c3ccccc3c(-c3c4oc5ccc6ccccc6c5c4cc4c3sc3ccccc34)c3ccccc23)cc1. The van der Waals surface area contributed by atoms with Crippen molar-refractivity contribution in [2.45, 2.75) is 0 Å². The van der Waals surface area contributed by atoms with E-state index < -0.39 is 0 Å². The second kappa shape index (κ2) is 9.03. The molecular weight excluding hydrogens is 553 g/mol. The molecule has 0 aliphatic rings. The Hall–Kier alpha value is -5.44. The molecule has 0 saturated heterocycles. The van der Waals surface area contributed by atoms with E-state index in [-0.39, 0.29) is 0 Å². The van der Waals surface area contributed by atoms with Gasteiger partial charge in [-0.1, -0.05) is 127 Å². The third-order valence-electron chi connectivity index (χ3n) is 9.24. The summed E-state index contributed by atoms with van der Waals surface area (Å²) in [5, 5.41) is 12.4. The maximum absolute atomic E-state index is 6.97. The third kappa shape index (κ3) is 3.23. The standard InChI is InChI=1S/C42H24OS/c1-2-13-26(14-3-1)37-29-17-6-8-19-31(29)39(32-20-9-7-18-30(32)37)40-41-34(24-33-28-16-10-11-21-36(28)44-42(33)40)38-27-15-5-4-12-25(27)22-23-35(38)43-41/h1-24H. The first-order valence-electron chi connectivity index (χ1n) is 15.0. The van der Waals surface area contributed by atoms with E-state index >= 15 is 0 Å². The van der Waals surface area contributed by atoms with Gasteiger partial charge in [-0.15, -0.1) is 11.3 Å². The number of rotatable bonds is 2. The minimum absolute atomic E-state index is 0.927. The normalized spacial score (nSPS) is 12.1. The highest BCUT2D eigenvalue weighted by Gasteiger charge is 2.25. The summed E-state index contributed by atoms with van der Waals surface area (Å²) in [7, 11) is 0. The van der Waals surface area contributed by atoms with Gasteiger partial charge in [-0.3, -0.25) is 0 Å². The van der Waals surface area contributed by atoms with E-state index in [9.17, 15) is 0 Å². The summed E-state index contributed by atoms with van der Waals surface area (Å²) in [6.45, 7) is 0. The average molecular weight is 577 g/mol. The van der Waals surface area contributed by atoms with Crippen molar-refractivity contribution < 1.29 is 4.42 Å². The summed E-state index contributed by atoms with van der Waals surface area (Å²) >= 11 is 1.87. The molecule has 0 N–H and O–H groups in total. The predicted molar refractivity (Wildman–Crippen MR) is 190 cm³/mol. The molecule has 2 aromatic heterocycles. The van der Waals surface area contributed by atoms with Crippen LogP contribution in [0.15, 0.2) is 150 Å². The van der Waals surface area contributed by atoms with E-state index in [0.29, 0.717) is 0 Å². The predicted octanol–water partition coefficient (Wildman–Crippen LogP) is 12.7. The number of hydrogen-bond acceptors (Lipinski definition) is 2. The summed E-state index contributed by atoms with van der Waals surface area (Å²) in [6.07, 6.45) is 0. The Morgan fingerprint density at radius 1 is 0.409 bits per heavy atom. The van der Waals surface area contributed by atoms with Crippen molar-refractivity contribution in [1.82, 2.24) is 0 Å². The monoisotopic (exact) mass is 576 g/mol. The number of furan rings is 1. The molecule has 1 nitrogen and oxygen atoms in total. The molecule has 2 heteroatoms. The van der Waals surface area contributed by atoms with Crippen molar-refractivity contribution in [3.63, 3.8) is 0 Å². The van der Waals surface area contributed by atoms with Crippen LogP contribution in [0.1, 0.15) is 0 Å². The van der Waals surface area contributed by atoms with Gasteiger partial charge in [0.15, 0.2) is 0 Å².